The molecule has 0 aromatic heterocycles. The molecule has 0 aliphatic carbocycles. The van der Waals surface area contributed by atoms with Gasteiger partial charge in [0.2, 0.25) is 0 Å². The Morgan fingerprint density at radius 1 is 0.667 bits per heavy atom. The molecule has 0 heterocycles. The number of benzene rings is 1. The summed E-state index contributed by atoms with van der Waals surface area (Å²) in [5.74, 6) is -0.544. The van der Waals surface area contributed by atoms with Gasteiger partial charge >= 0.3 is 40.6 Å². The van der Waals surface area contributed by atoms with Gasteiger partial charge in [0.1, 0.15) is 5.82 Å². The quantitative estimate of drug-likeness (QED) is 0.410. The number of halogens is 13. The van der Waals surface area contributed by atoms with Crippen molar-refractivity contribution >= 4 is 31.9 Å². The molecule has 0 aliphatic rings. The van der Waals surface area contributed by atoms with E-state index in [9.17, 15) is 64.6 Å². The molecular weight excluding hydrogens is 438 g/mol. The van der Waals surface area contributed by atoms with Crippen molar-refractivity contribution in [3.05, 3.63) is 30.1 Å². The molecule has 1 rings (SSSR count). The van der Waals surface area contributed by atoms with Gasteiger partial charge < -0.3 is 53.2 Å². The van der Waals surface area contributed by atoms with Crippen molar-refractivity contribution in [3.63, 3.8) is 0 Å². The van der Waals surface area contributed by atoms with Crippen LogP contribution in [-0.2, 0) is 10.1 Å². The maximum absolute atomic E-state index is 12.2. The predicted molar refractivity (Wildman–Crippen MR) is 67.9 cm³/mol. The number of hydrogen-bond donors (Lipinski definition) is 1. The van der Waals surface area contributed by atoms with E-state index in [1.165, 1.54) is 0 Å². The van der Waals surface area contributed by atoms with Gasteiger partial charge in [-0.2, -0.15) is 8.42 Å². The second-order valence-electron chi connectivity index (χ2n) is 3.41. The van der Waals surface area contributed by atoms with Gasteiger partial charge in [-0.25, -0.2) is 4.39 Å². The van der Waals surface area contributed by atoms with Crippen LogP contribution in [-0.4, -0.2) is 34.7 Å². The number of hydrogen-bond acceptors (Lipinski definition) is 2. The van der Waals surface area contributed by atoms with E-state index in [0.29, 0.717) is 0 Å². The maximum atomic E-state index is 12.2. The van der Waals surface area contributed by atoms with E-state index in [4.69, 9.17) is 4.55 Å². The summed E-state index contributed by atoms with van der Waals surface area (Å²) in [6, 6.07) is 3.90. The Balaban J connectivity index is -0.0000000896. The average Bonchev–Trinajstić information content (AvgIpc) is 2.20. The Kier molecular flexibility index (Phi) is 16.5. The van der Waals surface area contributed by atoms with Crippen LogP contribution in [0.5, 0.6) is 0 Å². The molecule has 0 unspecified atom stereocenters. The standard InChI is InChI=1S/C6H5FO3S.3BF4.Li.H/c7-5-1-3-6(4-2-5)11(8,9)10;3*2-1(3,4)5;;/h1-4H,(H,8,9,10);;;;;/q;3*-1;+1;-1. The Morgan fingerprint density at radius 3 is 1.00 bits per heavy atom. The molecule has 0 aliphatic heterocycles. The largest absolute Gasteiger partial charge is 1.00 e. The summed E-state index contributed by atoms with van der Waals surface area (Å²) in [7, 11) is -22.2. The van der Waals surface area contributed by atoms with E-state index in [0.717, 1.165) is 24.3 Å². The molecule has 1 aromatic carbocycles. The maximum Gasteiger partial charge on any atom is 1.00 e. The van der Waals surface area contributed by atoms with Crippen LogP contribution in [0, 0.1) is 5.82 Å². The third kappa shape index (κ3) is 58.8. The molecule has 0 spiro atoms. The van der Waals surface area contributed by atoms with E-state index < -0.39 is 37.7 Å². The molecule has 0 amide bonds. The third-order valence-electron chi connectivity index (χ3n) is 1.11. The molecule has 1 N–H and O–H groups in total. The zero-order valence-electron chi connectivity index (χ0n) is 13.6. The molecule has 1 aromatic rings. The third-order valence-corrected chi connectivity index (χ3v) is 1.98. The van der Waals surface area contributed by atoms with Crippen molar-refractivity contribution in [2.75, 3.05) is 0 Å². The first kappa shape index (κ1) is 33.6. The van der Waals surface area contributed by atoms with Gasteiger partial charge in [0.15, 0.2) is 0 Å². The van der Waals surface area contributed by atoms with E-state index in [1.54, 1.807) is 0 Å². The normalized spacial score (nSPS) is 11.3. The van der Waals surface area contributed by atoms with Gasteiger partial charge in [0, 0.05) is 0 Å². The molecule has 158 valence electrons. The number of rotatable bonds is 1. The Bertz CT molecular complexity index is 559. The van der Waals surface area contributed by atoms with Crippen LogP contribution in [0.15, 0.2) is 29.2 Å². The summed E-state index contributed by atoms with van der Waals surface area (Å²) in [5.41, 5.74) is 0. The summed E-state index contributed by atoms with van der Waals surface area (Å²) in [4.78, 5) is -0.307. The van der Waals surface area contributed by atoms with Crippen molar-refractivity contribution < 1.29 is 89.4 Å². The minimum Gasteiger partial charge on any atom is -1.00 e. The Labute approximate surface area is 157 Å². The molecule has 0 radical (unpaired) electrons. The van der Waals surface area contributed by atoms with Crippen LogP contribution in [0.25, 0.3) is 0 Å². The predicted octanol–water partition coefficient (Wildman–Crippen LogP) is 2.09. The summed E-state index contributed by atoms with van der Waals surface area (Å²) >= 11 is 0. The zero-order valence-corrected chi connectivity index (χ0v) is 13.4. The van der Waals surface area contributed by atoms with E-state index in [-0.39, 0.29) is 25.2 Å². The van der Waals surface area contributed by atoms with Gasteiger partial charge in [0.05, 0.1) is 4.90 Å². The van der Waals surface area contributed by atoms with E-state index >= 15 is 0 Å². The SMILES string of the molecule is F[B-](F)(F)F.F[B-](F)(F)F.F[B-](F)(F)F.O=S(=O)(O)c1ccc(F)cc1.[H-].[Li+]. The fourth-order valence-electron chi connectivity index (χ4n) is 0.607. The average molecular weight is 445 g/mol. The fourth-order valence-corrected chi connectivity index (χ4v) is 1.09. The molecule has 3 nitrogen and oxygen atoms in total. The van der Waals surface area contributed by atoms with Crippen molar-refractivity contribution in [2.45, 2.75) is 4.90 Å². The van der Waals surface area contributed by atoms with Crippen molar-refractivity contribution in [1.82, 2.24) is 0 Å². The van der Waals surface area contributed by atoms with E-state index in [2.05, 4.69) is 0 Å². The first-order valence-electron chi connectivity index (χ1n) is 5.35. The summed E-state index contributed by atoms with van der Waals surface area (Å²) in [6.45, 7) is 0. The first-order valence-corrected chi connectivity index (χ1v) is 6.79. The smallest absolute Gasteiger partial charge is 1.00 e. The molecule has 27 heavy (non-hydrogen) atoms. The fraction of sp³-hybridized carbons (Fsp3) is 0. The Hall–Kier alpha value is -0.988. The van der Waals surface area contributed by atoms with Crippen molar-refractivity contribution in [2.24, 2.45) is 0 Å². The monoisotopic (exact) mass is 445 g/mol. The van der Waals surface area contributed by atoms with Crippen LogP contribution >= 0.6 is 0 Å². The van der Waals surface area contributed by atoms with Crippen molar-refractivity contribution in [3.8, 4) is 0 Å². The minimum atomic E-state index is -6.00. The van der Waals surface area contributed by atoms with E-state index in [1.807, 2.05) is 0 Å². The molecule has 0 atom stereocenters. The molecule has 0 fully saturated rings. The second-order valence-corrected chi connectivity index (χ2v) is 4.84. The molecule has 21 heteroatoms. The van der Waals surface area contributed by atoms with Crippen LogP contribution in [0.1, 0.15) is 1.43 Å². The second kappa shape index (κ2) is 13.2. The molecular formula is C6H6B3F13LiO3S-3. The molecule has 0 bridgehead atoms. The zero-order chi connectivity index (χ0) is 22.0. The van der Waals surface area contributed by atoms with Crippen LogP contribution in [0.4, 0.5) is 56.2 Å². The topological polar surface area (TPSA) is 54.4 Å². The summed E-state index contributed by atoms with van der Waals surface area (Å²) in [6.07, 6.45) is 0. The minimum absolute atomic E-state index is 0. The van der Waals surface area contributed by atoms with Gasteiger partial charge in [0.25, 0.3) is 10.1 Å². The summed E-state index contributed by atoms with van der Waals surface area (Å²) < 4.78 is 158. The van der Waals surface area contributed by atoms with Gasteiger partial charge in [-0.15, -0.1) is 0 Å². The van der Waals surface area contributed by atoms with Crippen LogP contribution < -0.4 is 18.9 Å². The van der Waals surface area contributed by atoms with Gasteiger partial charge in [-0.3, -0.25) is 4.55 Å². The first-order chi connectivity index (χ1) is 11.0. The van der Waals surface area contributed by atoms with Crippen LogP contribution in [0.3, 0.4) is 0 Å². The molecule has 0 saturated heterocycles. The van der Waals surface area contributed by atoms with Gasteiger partial charge in [-0.05, 0) is 24.3 Å². The van der Waals surface area contributed by atoms with Gasteiger partial charge in [-0.1, -0.05) is 0 Å². The van der Waals surface area contributed by atoms with Crippen LogP contribution in [0.2, 0.25) is 0 Å². The Morgan fingerprint density at radius 2 is 0.852 bits per heavy atom. The summed E-state index contributed by atoms with van der Waals surface area (Å²) in [5, 5.41) is 0. The van der Waals surface area contributed by atoms with Crippen molar-refractivity contribution in [1.29, 1.82) is 0 Å². The molecule has 0 saturated carbocycles.